The van der Waals surface area contributed by atoms with E-state index in [4.69, 9.17) is 0 Å². The second kappa shape index (κ2) is 14.8. The van der Waals surface area contributed by atoms with Crippen molar-refractivity contribution >= 4 is 22.7 Å². The van der Waals surface area contributed by atoms with Gasteiger partial charge in [-0.15, -0.1) is 22.7 Å². The molecular weight excluding hydrogens is 554 g/mol. The Balaban J connectivity index is 0.00000342. The van der Waals surface area contributed by atoms with Gasteiger partial charge in [-0.1, -0.05) is 52.4 Å². The van der Waals surface area contributed by atoms with Gasteiger partial charge in [-0.25, -0.2) is 0 Å². The number of nitrogens with zero attached hydrogens (tertiary/aromatic N) is 2. The summed E-state index contributed by atoms with van der Waals surface area (Å²) in [6.07, 6.45) is 16.7. The van der Waals surface area contributed by atoms with Crippen molar-refractivity contribution < 1.29 is 19.5 Å². The summed E-state index contributed by atoms with van der Waals surface area (Å²) in [6.45, 7) is 4.53. The van der Waals surface area contributed by atoms with Crippen LogP contribution < -0.4 is 0 Å². The molecule has 0 unspecified atom stereocenters. The largest absolute Gasteiger partial charge is 2.00 e. The Kier molecular flexibility index (Phi) is 11.8. The van der Waals surface area contributed by atoms with Gasteiger partial charge in [0.2, 0.25) is 0 Å². The monoisotopic (exact) mass is 590 g/mol. The maximum atomic E-state index is 4.66. The molecule has 0 aromatic carbocycles. The molecule has 0 aliphatic rings. The van der Waals surface area contributed by atoms with Crippen LogP contribution in [0.5, 0.6) is 0 Å². The quantitative estimate of drug-likeness (QED) is 0.115. The van der Waals surface area contributed by atoms with E-state index in [1.54, 1.807) is 0 Å². The van der Waals surface area contributed by atoms with Gasteiger partial charge in [-0.05, 0) is 85.3 Å². The van der Waals surface area contributed by atoms with Crippen LogP contribution in [0.2, 0.25) is 0 Å². The van der Waals surface area contributed by atoms with Crippen molar-refractivity contribution in [1.82, 2.24) is 9.97 Å². The fourth-order valence-corrected chi connectivity index (χ4v) is 6.33. The minimum atomic E-state index is 0. The first kappa shape index (κ1) is 27.9. The Morgan fingerprint density at radius 1 is 0.571 bits per heavy atom. The van der Waals surface area contributed by atoms with Gasteiger partial charge in [0.15, 0.2) is 0 Å². The average Bonchev–Trinajstić information content (AvgIpc) is 3.55. The predicted molar refractivity (Wildman–Crippen MR) is 150 cm³/mol. The maximum absolute atomic E-state index is 4.66. The Labute approximate surface area is 232 Å². The third-order valence-electron chi connectivity index (χ3n) is 6.23. The van der Waals surface area contributed by atoms with Crippen LogP contribution in [0, 0.1) is 0 Å². The molecule has 0 saturated carbocycles. The first-order valence-corrected chi connectivity index (χ1v) is 14.5. The van der Waals surface area contributed by atoms with Gasteiger partial charge in [0, 0.05) is 31.9 Å². The van der Waals surface area contributed by atoms with Gasteiger partial charge < -0.3 is 0 Å². The maximum Gasteiger partial charge on any atom is 2.00 e. The Bertz CT molecular complexity index is 1070. The zero-order valence-electron chi connectivity index (χ0n) is 20.9. The number of hydrogen-bond acceptors (Lipinski definition) is 4. The van der Waals surface area contributed by atoms with Crippen molar-refractivity contribution in [1.29, 1.82) is 0 Å². The summed E-state index contributed by atoms with van der Waals surface area (Å²) < 4.78 is 0. The van der Waals surface area contributed by atoms with Crippen LogP contribution in [0.3, 0.4) is 0 Å². The zero-order valence-corrected chi connectivity index (χ0v) is 24.3. The number of aryl methyl sites for hydroxylation is 2. The van der Waals surface area contributed by atoms with E-state index in [9.17, 15) is 0 Å². The molecule has 0 spiro atoms. The summed E-state index contributed by atoms with van der Waals surface area (Å²) in [5.74, 6) is 0. The minimum absolute atomic E-state index is 0. The van der Waals surface area contributed by atoms with Crippen LogP contribution in [-0.4, -0.2) is 9.97 Å². The summed E-state index contributed by atoms with van der Waals surface area (Å²) in [7, 11) is 0. The van der Waals surface area contributed by atoms with E-state index in [0.29, 0.717) is 0 Å². The standard InChI is InChI=1S/C30H36N2S2.Ru/c1-3-5-7-9-11-25-13-15-29(33-25)23-17-19-31-27(21-23)28-22-24(18-20-32-28)30-16-14-26(34-30)12-10-8-6-4-2;/h13-22H,3-12H2,1-2H3;/q;+2. The first-order chi connectivity index (χ1) is 16.8. The van der Waals surface area contributed by atoms with Gasteiger partial charge in [0.25, 0.3) is 0 Å². The minimum Gasteiger partial charge on any atom is -0.255 e. The third kappa shape index (κ3) is 8.17. The van der Waals surface area contributed by atoms with E-state index in [2.05, 4.69) is 72.3 Å². The third-order valence-corrected chi connectivity index (χ3v) is 8.62. The topological polar surface area (TPSA) is 25.8 Å². The van der Waals surface area contributed by atoms with Crippen molar-refractivity contribution in [2.24, 2.45) is 0 Å². The van der Waals surface area contributed by atoms with E-state index in [0.717, 1.165) is 11.4 Å². The Morgan fingerprint density at radius 3 is 1.46 bits per heavy atom. The molecule has 0 aliphatic heterocycles. The van der Waals surface area contributed by atoms with Crippen LogP contribution in [0.4, 0.5) is 0 Å². The average molecular weight is 590 g/mol. The van der Waals surface area contributed by atoms with E-state index in [-0.39, 0.29) is 19.5 Å². The number of thiophene rings is 2. The number of rotatable bonds is 13. The predicted octanol–water partition coefficient (Wildman–Crippen LogP) is 9.84. The molecular formula is C30H36N2RuS2+2. The van der Waals surface area contributed by atoms with Gasteiger partial charge in [-0.3, -0.25) is 9.97 Å². The van der Waals surface area contributed by atoms with Crippen molar-refractivity contribution in [2.45, 2.75) is 78.1 Å². The molecule has 0 bridgehead atoms. The number of aromatic nitrogens is 2. The molecule has 0 radical (unpaired) electrons. The van der Waals surface area contributed by atoms with Crippen molar-refractivity contribution in [3.8, 4) is 32.3 Å². The van der Waals surface area contributed by atoms with Crippen LogP contribution in [0.25, 0.3) is 32.3 Å². The molecule has 184 valence electrons. The SMILES string of the molecule is CCCCCCc1ccc(-c2ccnc(-c3cc(-c4ccc(CCCCCC)s4)ccn3)c2)s1.[Ru+2]. The van der Waals surface area contributed by atoms with Crippen LogP contribution >= 0.6 is 22.7 Å². The molecule has 0 amide bonds. The molecule has 4 rings (SSSR count). The Morgan fingerprint density at radius 2 is 1.03 bits per heavy atom. The Hall–Kier alpha value is -1.68. The van der Waals surface area contributed by atoms with Crippen molar-refractivity contribution in [3.63, 3.8) is 0 Å². The summed E-state index contributed by atoms with van der Waals surface area (Å²) in [4.78, 5) is 14.9. The zero-order chi connectivity index (χ0) is 23.6. The van der Waals surface area contributed by atoms with E-state index >= 15 is 0 Å². The molecule has 35 heavy (non-hydrogen) atoms. The number of pyridine rings is 2. The molecule has 0 N–H and O–H groups in total. The van der Waals surface area contributed by atoms with E-state index < -0.39 is 0 Å². The normalized spacial score (nSPS) is 10.9. The number of hydrogen-bond donors (Lipinski definition) is 0. The van der Waals surface area contributed by atoms with E-state index in [1.165, 1.54) is 94.8 Å². The van der Waals surface area contributed by atoms with Crippen molar-refractivity contribution in [3.05, 3.63) is 70.7 Å². The smallest absolute Gasteiger partial charge is 0.255 e. The first-order valence-electron chi connectivity index (χ1n) is 12.9. The molecule has 5 heteroatoms. The van der Waals surface area contributed by atoms with Crippen LogP contribution in [0.15, 0.2) is 60.9 Å². The summed E-state index contributed by atoms with van der Waals surface area (Å²) in [5, 5.41) is 0. The van der Waals surface area contributed by atoms with Gasteiger partial charge in [0.05, 0.1) is 11.4 Å². The van der Waals surface area contributed by atoms with Crippen LogP contribution in [0.1, 0.15) is 75.0 Å². The van der Waals surface area contributed by atoms with Crippen molar-refractivity contribution in [2.75, 3.05) is 0 Å². The summed E-state index contributed by atoms with van der Waals surface area (Å²) >= 11 is 3.83. The second-order valence-corrected chi connectivity index (χ2v) is 11.3. The molecule has 4 aromatic heterocycles. The number of unbranched alkanes of at least 4 members (excludes halogenated alkanes) is 6. The van der Waals surface area contributed by atoms with Gasteiger partial charge in [-0.2, -0.15) is 0 Å². The molecule has 2 nitrogen and oxygen atoms in total. The van der Waals surface area contributed by atoms with Crippen LogP contribution in [-0.2, 0) is 32.3 Å². The molecule has 0 fully saturated rings. The molecule has 0 atom stereocenters. The van der Waals surface area contributed by atoms with Gasteiger partial charge in [0.1, 0.15) is 0 Å². The van der Waals surface area contributed by atoms with E-state index in [1.807, 2.05) is 35.1 Å². The van der Waals surface area contributed by atoms with Gasteiger partial charge >= 0.3 is 19.5 Å². The second-order valence-electron chi connectivity index (χ2n) is 9.01. The molecule has 0 saturated heterocycles. The molecule has 4 heterocycles. The molecule has 0 aliphatic carbocycles. The fraction of sp³-hybridized carbons (Fsp3) is 0.400. The fourth-order valence-electron chi connectivity index (χ4n) is 4.23. The summed E-state index contributed by atoms with van der Waals surface area (Å²) in [6, 6.07) is 17.7. The summed E-state index contributed by atoms with van der Waals surface area (Å²) in [5.41, 5.74) is 4.34. The molecule has 4 aromatic rings.